The molecule has 1 heterocycles. The molecular formula is C25H39IN4O3. The number of likely N-dealkylation sites (tertiary alicyclic amines) is 1. The molecule has 0 aromatic heterocycles. The van der Waals surface area contributed by atoms with Crippen LogP contribution in [0.15, 0.2) is 23.2 Å². The Bertz CT molecular complexity index is 807. The number of nitrogens with one attached hydrogen (secondary N) is 2. The number of aliphatic imine (C=N–C) groups is 1. The maximum Gasteiger partial charge on any atom is 0.225 e. The van der Waals surface area contributed by atoms with Crippen LogP contribution in [0.25, 0.3) is 0 Å². The number of methoxy groups -OCH3 is 1. The van der Waals surface area contributed by atoms with Crippen molar-refractivity contribution in [2.75, 3.05) is 27.2 Å². The fourth-order valence-electron chi connectivity index (χ4n) is 5.19. The molecule has 0 bridgehead atoms. The molecule has 7 nitrogen and oxygen atoms in total. The monoisotopic (exact) mass is 570 g/mol. The van der Waals surface area contributed by atoms with Crippen LogP contribution in [0.2, 0.25) is 0 Å². The zero-order chi connectivity index (χ0) is 22.3. The number of rotatable bonds is 7. The summed E-state index contributed by atoms with van der Waals surface area (Å²) in [6.07, 6.45) is 10.5. The summed E-state index contributed by atoms with van der Waals surface area (Å²) >= 11 is 0. The highest BCUT2D eigenvalue weighted by molar-refractivity contribution is 14.0. The summed E-state index contributed by atoms with van der Waals surface area (Å²) in [7, 11) is 3.47. The van der Waals surface area contributed by atoms with Crippen LogP contribution in [-0.4, -0.2) is 56.2 Å². The molecule has 184 valence electrons. The highest BCUT2D eigenvalue weighted by Gasteiger charge is 2.32. The Hall–Kier alpha value is -1.71. The first-order valence-electron chi connectivity index (χ1n) is 12.3. The van der Waals surface area contributed by atoms with E-state index in [1.807, 2.05) is 11.0 Å². The molecule has 3 aliphatic rings. The summed E-state index contributed by atoms with van der Waals surface area (Å²) in [6, 6.07) is 6.33. The van der Waals surface area contributed by atoms with Crippen molar-refractivity contribution in [3.8, 4) is 11.5 Å². The van der Waals surface area contributed by atoms with Crippen molar-refractivity contribution in [2.24, 2.45) is 10.9 Å². The molecule has 1 atom stereocenters. The molecule has 1 aliphatic heterocycles. The third kappa shape index (κ3) is 6.90. The van der Waals surface area contributed by atoms with Crippen molar-refractivity contribution in [1.82, 2.24) is 15.5 Å². The minimum atomic E-state index is 0. The molecule has 1 aromatic carbocycles. The van der Waals surface area contributed by atoms with Gasteiger partial charge in [-0.1, -0.05) is 18.9 Å². The van der Waals surface area contributed by atoms with Crippen LogP contribution in [0.4, 0.5) is 0 Å². The molecule has 2 saturated carbocycles. The molecular weight excluding hydrogens is 531 g/mol. The lowest BCUT2D eigenvalue weighted by Crippen LogP contribution is -2.45. The van der Waals surface area contributed by atoms with E-state index in [-0.39, 0.29) is 35.9 Å². The Balaban J connectivity index is 0.00000306. The molecule has 33 heavy (non-hydrogen) atoms. The molecule has 3 fully saturated rings. The van der Waals surface area contributed by atoms with Gasteiger partial charge in [-0.15, -0.1) is 24.0 Å². The highest BCUT2D eigenvalue weighted by Crippen LogP contribution is 2.32. The van der Waals surface area contributed by atoms with Crippen LogP contribution in [0.1, 0.15) is 63.4 Å². The van der Waals surface area contributed by atoms with Crippen LogP contribution in [0, 0.1) is 5.92 Å². The summed E-state index contributed by atoms with van der Waals surface area (Å²) < 4.78 is 11.7. The van der Waals surface area contributed by atoms with Gasteiger partial charge in [-0.2, -0.15) is 0 Å². The molecule has 1 saturated heterocycles. The molecule has 1 amide bonds. The Kier molecular flexibility index (Phi) is 9.94. The van der Waals surface area contributed by atoms with Crippen molar-refractivity contribution >= 4 is 35.8 Å². The van der Waals surface area contributed by atoms with Crippen molar-refractivity contribution < 1.29 is 14.3 Å². The predicted octanol–water partition coefficient (Wildman–Crippen LogP) is 4.09. The fraction of sp³-hybridized carbons (Fsp3) is 0.680. The van der Waals surface area contributed by atoms with Crippen LogP contribution in [0.3, 0.4) is 0 Å². The fourth-order valence-corrected chi connectivity index (χ4v) is 5.19. The van der Waals surface area contributed by atoms with Gasteiger partial charge in [0.2, 0.25) is 5.91 Å². The number of hydrogen-bond donors (Lipinski definition) is 2. The third-order valence-electron chi connectivity index (χ3n) is 7.05. The van der Waals surface area contributed by atoms with E-state index < -0.39 is 0 Å². The van der Waals surface area contributed by atoms with Crippen LogP contribution in [-0.2, 0) is 11.3 Å². The van der Waals surface area contributed by atoms with E-state index in [1.54, 1.807) is 14.2 Å². The van der Waals surface area contributed by atoms with Gasteiger partial charge in [0.15, 0.2) is 17.5 Å². The van der Waals surface area contributed by atoms with Gasteiger partial charge in [-0.05, 0) is 62.6 Å². The lowest BCUT2D eigenvalue weighted by atomic mass is 10.1. The first kappa shape index (κ1) is 25.9. The second-order valence-electron chi connectivity index (χ2n) is 9.33. The number of ether oxygens (including phenoxy) is 2. The second kappa shape index (κ2) is 12.7. The molecule has 0 radical (unpaired) electrons. The standard InChI is InChI=1S/C25H38N4O3.HI/c1-26-25(28-20-13-14-29(17-20)24(30)19-7-3-4-8-19)27-16-18-11-12-22(31-2)23(15-18)32-21-9-5-6-10-21;/h11-12,15,19-21H,3-10,13-14,16-17H2,1-2H3,(H2,26,27,28);1H. The van der Waals surface area contributed by atoms with Gasteiger partial charge in [0, 0.05) is 38.6 Å². The summed E-state index contributed by atoms with van der Waals surface area (Å²) in [5.41, 5.74) is 1.12. The van der Waals surface area contributed by atoms with E-state index in [2.05, 4.69) is 27.8 Å². The van der Waals surface area contributed by atoms with Gasteiger partial charge in [-0.3, -0.25) is 9.79 Å². The second-order valence-corrected chi connectivity index (χ2v) is 9.33. The van der Waals surface area contributed by atoms with Crippen molar-refractivity contribution in [2.45, 2.75) is 76.5 Å². The number of halogens is 1. The number of carbonyl (C=O) groups excluding carboxylic acids is 1. The molecule has 1 unspecified atom stereocenters. The van der Waals surface area contributed by atoms with Gasteiger partial charge in [0.1, 0.15) is 0 Å². The Labute approximate surface area is 215 Å². The number of nitrogens with zero attached hydrogens (tertiary/aromatic N) is 2. The van der Waals surface area contributed by atoms with Crippen LogP contribution >= 0.6 is 24.0 Å². The number of amides is 1. The Morgan fingerprint density at radius 3 is 2.52 bits per heavy atom. The SMILES string of the molecule is CN=C(NCc1ccc(OC)c(OC2CCCC2)c1)NC1CCN(C(=O)C2CCCC2)C1.I. The van der Waals surface area contributed by atoms with Gasteiger partial charge in [0.05, 0.1) is 13.2 Å². The molecule has 2 N–H and O–H groups in total. The van der Waals surface area contributed by atoms with Crippen LogP contribution in [0.5, 0.6) is 11.5 Å². The number of hydrogen-bond acceptors (Lipinski definition) is 4. The lowest BCUT2D eigenvalue weighted by Gasteiger charge is -2.21. The van der Waals surface area contributed by atoms with Gasteiger partial charge >= 0.3 is 0 Å². The predicted molar refractivity (Wildman–Crippen MR) is 142 cm³/mol. The number of carbonyl (C=O) groups is 1. The smallest absolute Gasteiger partial charge is 0.225 e. The van der Waals surface area contributed by atoms with E-state index in [9.17, 15) is 4.79 Å². The Morgan fingerprint density at radius 1 is 1.09 bits per heavy atom. The van der Waals surface area contributed by atoms with E-state index in [1.165, 1.54) is 25.7 Å². The van der Waals surface area contributed by atoms with Crippen molar-refractivity contribution in [3.63, 3.8) is 0 Å². The summed E-state index contributed by atoms with van der Waals surface area (Å²) in [5.74, 6) is 2.96. The maximum absolute atomic E-state index is 12.7. The highest BCUT2D eigenvalue weighted by atomic mass is 127. The lowest BCUT2D eigenvalue weighted by molar-refractivity contribution is -0.134. The first-order chi connectivity index (χ1) is 15.7. The third-order valence-corrected chi connectivity index (χ3v) is 7.05. The van der Waals surface area contributed by atoms with E-state index in [4.69, 9.17) is 9.47 Å². The van der Waals surface area contributed by atoms with Gasteiger partial charge < -0.3 is 25.0 Å². The largest absolute Gasteiger partial charge is 0.493 e. The molecule has 2 aliphatic carbocycles. The van der Waals surface area contributed by atoms with Crippen LogP contribution < -0.4 is 20.1 Å². The summed E-state index contributed by atoms with van der Waals surface area (Å²) in [4.78, 5) is 19.1. The van der Waals surface area contributed by atoms with E-state index in [0.29, 0.717) is 18.6 Å². The van der Waals surface area contributed by atoms with Crippen molar-refractivity contribution in [3.05, 3.63) is 23.8 Å². The molecule has 1 aromatic rings. The summed E-state index contributed by atoms with van der Waals surface area (Å²) in [6.45, 7) is 2.24. The number of guanidine groups is 1. The normalized spacial score (nSPS) is 21.7. The average Bonchev–Trinajstić information content (AvgIpc) is 3.59. The van der Waals surface area contributed by atoms with Gasteiger partial charge in [-0.25, -0.2) is 0 Å². The quantitative estimate of drug-likeness (QED) is 0.294. The minimum absolute atomic E-state index is 0. The van der Waals surface area contributed by atoms with E-state index >= 15 is 0 Å². The maximum atomic E-state index is 12.7. The number of benzene rings is 1. The molecule has 0 spiro atoms. The molecule has 8 heteroatoms. The zero-order valence-electron chi connectivity index (χ0n) is 20.0. The average molecular weight is 571 g/mol. The minimum Gasteiger partial charge on any atom is -0.493 e. The zero-order valence-corrected chi connectivity index (χ0v) is 22.3. The van der Waals surface area contributed by atoms with Gasteiger partial charge in [0.25, 0.3) is 0 Å². The molecule has 4 rings (SSSR count). The Morgan fingerprint density at radius 2 is 1.82 bits per heavy atom. The summed E-state index contributed by atoms with van der Waals surface area (Å²) in [5, 5.41) is 6.91. The topological polar surface area (TPSA) is 75.2 Å². The first-order valence-corrected chi connectivity index (χ1v) is 12.3. The van der Waals surface area contributed by atoms with Crippen molar-refractivity contribution in [1.29, 1.82) is 0 Å². The van der Waals surface area contributed by atoms with E-state index in [0.717, 1.165) is 68.2 Å².